The Kier molecular flexibility index (Phi) is 8.44. The molecule has 0 aliphatic rings. The van der Waals surface area contributed by atoms with E-state index in [0.29, 0.717) is 17.0 Å². The fraction of sp³-hybridized carbons (Fsp3) is 0.429. The molecule has 2 rings (SSSR count). The van der Waals surface area contributed by atoms with Crippen molar-refractivity contribution >= 4 is 16.9 Å². The van der Waals surface area contributed by atoms with Crippen LogP contribution in [-0.4, -0.2) is 54.3 Å². The van der Waals surface area contributed by atoms with Crippen molar-refractivity contribution in [2.24, 2.45) is 0 Å². The summed E-state index contributed by atoms with van der Waals surface area (Å²) in [6, 6.07) is 12.9. The molecule has 154 valence electrons. The lowest BCUT2D eigenvalue weighted by Gasteiger charge is -2.23. The molecule has 0 spiro atoms. The maximum Gasteiger partial charge on any atom is 0.194 e. The summed E-state index contributed by atoms with van der Waals surface area (Å²) in [6.45, 7) is 3.33. The fourth-order valence-corrected chi connectivity index (χ4v) is 3.52. The van der Waals surface area contributed by atoms with Gasteiger partial charge >= 0.3 is 0 Å². The molecule has 7 heteroatoms. The molecule has 0 saturated heterocycles. The molecule has 6 nitrogen and oxygen atoms in total. The number of aromatic hydroxyl groups is 1. The zero-order valence-electron chi connectivity index (χ0n) is 16.9. The van der Waals surface area contributed by atoms with Gasteiger partial charge in [0.25, 0.3) is 0 Å². The van der Waals surface area contributed by atoms with E-state index in [0.717, 1.165) is 24.4 Å². The summed E-state index contributed by atoms with van der Waals surface area (Å²) in [7, 11) is 3.70. The third kappa shape index (κ3) is 6.31. The number of aliphatic hydroxyl groups excluding tert-OH is 1. The van der Waals surface area contributed by atoms with Gasteiger partial charge in [0, 0.05) is 37.9 Å². The zero-order valence-corrected chi connectivity index (χ0v) is 17.7. The van der Waals surface area contributed by atoms with E-state index in [1.165, 1.54) is 12.3 Å². The first-order valence-corrected chi connectivity index (χ1v) is 10.8. The number of ether oxygens (including phenoxy) is 1. The molecule has 0 aliphatic carbocycles. The molecule has 0 fully saturated rings. The normalized spacial score (nSPS) is 14.4. The third-order valence-corrected chi connectivity index (χ3v) is 5.70. The van der Waals surface area contributed by atoms with Crippen molar-refractivity contribution in [3.63, 3.8) is 0 Å². The summed E-state index contributed by atoms with van der Waals surface area (Å²) >= 11 is -1.30. The van der Waals surface area contributed by atoms with Gasteiger partial charge in [-0.1, -0.05) is 6.07 Å². The summed E-state index contributed by atoms with van der Waals surface area (Å²) in [4.78, 5) is 2.52. The number of methoxy groups -OCH3 is 1. The minimum atomic E-state index is -1.30. The fourth-order valence-electron chi connectivity index (χ4n) is 2.85. The number of hydrogen-bond donors (Lipinski definition) is 3. The number of anilines is 1. The highest BCUT2D eigenvalue weighted by molar-refractivity contribution is 7.90. The molecule has 0 saturated carbocycles. The van der Waals surface area contributed by atoms with E-state index in [9.17, 15) is 14.8 Å². The van der Waals surface area contributed by atoms with Gasteiger partial charge in [-0.2, -0.15) is 0 Å². The summed E-state index contributed by atoms with van der Waals surface area (Å²) in [5, 5.41) is 23.5. The molecular formula is C21H30N2O4S. The van der Waals surface area contributed by atoms with E-state index < -0.39 is 17.3 Å². The highest BCUT2D eigenvalue weighted by Gasteiger charge is 2.16. The molecule has 2 aromatic rings. The van der Waals surface area contributed by atoms with Gasteiger partial charge in [0.05, 0.1) is 13.2 Å². The summed E-state index contributed by atoms with van der Waals surface area (Å²) in [5.74, 6) is 0.824. The number of phenols is 1. The van der Waals surface area contributed by atoms with Crippen LogP contribution >= 0.6 is 0 Å². The lowest BCUT2D eigenvalue weighted by molar-refractivity contribution is 0.170. The largest absolute Gasteiger partial charge is 0.612 e. The van der Waals surface area contributed by atoms with Gasteiger partial charge in [-0.3, -0.25) is 0 Å². The van der Waals surface area contributed by atoms with Crippen LogP contribution < -0.4 is 15.0 Å². The van der Waals surface area contributed by atoms with E-state index in [4.69, 9.17) is 4.74 Å². The van der Waals surface area contributed by atoms with Gasteiger partial charge < -0.3 is 29.7 Å². The number of aliphatic hydroxyl groups is 1. The van der Waals surface area contributed by atoms with Gasteiger partial charge in [-0.05, 0) is 60.4 Å². The first-order valence-electron chi connectivity index (χ1n) is 9.24. The van der Waals surface area contributed by atoms with E-state index in [2.05, 4.69) is 17.1 Å². The predicted molar refractivity (Wildman–Crippen MR) is 114 cm³/mol. The SMILES string of the molecule is COc1ccc(N(C)CCC(C)NCC(O)c2ccc(O)c([S+](C)[O-])c2)cc1. The molecule has 3 unspecified atom stereocenters. The Bertz CT molecular complexity index is 740. The van der Waals surface area contributed by atoms with E-state index in [1.807, 2.05) is 31.3 Å². The topological polar surface area (TPSA) is 88.0 Å². The van der Waals surface area contributed by atoms with Crippen LogP contribution in [0.5, 0.6) is 11.5 Å². The molecule has 0 bridgehead atoms. The average molecular weight is 407 g/mol. The van der Waals surface area contributed by atoms with E-state index in [1.54, 1.807) is 19.2 Å². The standard InChI is InChI=1S/C21H30N2O4S/c1-15(11-12-23(2)17-6-8-18(27-3)9-7-17)22-14-20(25)16-5-10-19(24)21(13-16)28(4)26/h5-10,13,15,20,22,24-25H,11-12,14H2,1-4H3. The van der Waals surface area contributed by atoms with Crippen LogP contribution in [0.1, 0.15) is 25.0 Å². The molecule has 0 heterocycles. The Labute approximate surface area is 170 Å². The molecule has 0 aliphatic heterocycles. The van der Waals surface area contributed by atoms with Gasteiger partial charge in [-0.15, -0.1) is 0 Å². The highest BCUT2D eigenvalue weighted by atomic mass is 32.2. The lowest BCUT2D eigenvalue weighted by Crippen LogP contribution is -2.33. The molecule has 0 radical (unpaired) electrons. The van der Waals surface area contributed by atoms with Crippen LogP contribution in [0.2, 0.25) is 0 Å². The van der Waals surface area contributed by atoms with Gasteiger partial charge in [0.15, 0.2) is 10.6 Å². The first-order chi connectivity index (χ1) is 13.3. The number of benzene rings is 2. The Morgan fingerprint density at radius 1 is 1.21 bits per heavy atom. The van der Waals surface area contributed by atoms with Gasteiger partial charge in [0.2, 0.25) is 0 Å². The molecule has 0 amide bonds. The molecule has 0 aromatic heterocycles. The second kappa shape index (κ2) is 10.6. The second-order valence-corrected chi connectivity index (χ2v) is 8.26. The summed E-state index contributed by atoms with van der Waals surface area (Å²) in [5.41, 5.74) is 1.76. The average Bonchev–Trinajstić information content (AvgIpc) is 2.70. The number of phenolic OH excluding ortho intramolecular Hbond substituents is 1. The highest BCUT2D eigenvalue weighted by Crippen LogP contribution is 2.26. The van der Waals surface area contributed by atoms with Gasteiger partial charge in [-0.25, -0.2) is 0 Å². The molecule has 28 heavy (non-hydrogen) atoms. The van der Waals surface area contributed by atoms with Crippen molar-refractivity contribution in [3.8, 4) is 11.5 Å². The van der Waals surface area contributed by atoms with Crippen LogP contribution in [0.15, 0.2) is 47.4 Å². The molecule has 2 aromatic carbocycles. The number of rotatable bonds is 10. The number of nitrogens with one attached hydrogen (secondary N) is 1. The Hall–Kier alpha value is -1.93. The summed E-state index contributed by atoms with van der Waals surface area (Å²) in [6.07, 6.45) is 1.68. The second-order valence-electron chi connectivity index (χ2n) is 6.91. The van der Waals surface area contributed by atoms with Gasteiger partial charge in [0.1, 0.15) is 12.0 Å². The maximum atomic E-state index is 11.7. The quantitative estimate of drug-likeness (QED) is 0.526. The Morgan fingerprint density at radius 3 is 2.50 bits per heavy atom. The number of nitrogens with zero attached hydrogens (tertiary/aromatic N) is 1. The third-order valence-electron chi connectivity index (χ3n) is 4.75. The monoisotopic (exact) mass is 406 g/mol. The molecule has 3 N–H and O–H groups in total. The van der Waals surface area contributed by atoms with Crippen LogP contribution in [0.4, 0.5) is 5.69 Å². The Morgan fingerprint density at radius 2 is 1.89 bits per heavy atom. The van der Waals surface area contributed by atoms with Crippen LogP contribution in [0.3, 0.4) is 0 Å². The molecular weight excluding hydrogens is 376 g/mol. The first kappa shape index (κ1) is 22.4. The maximum absolute atomic E-state index is 11.7. The van der Waals surface area contributed by atoms with Crippen molar-refractivity contribution in [3.05, 3.63) is 48.0 Å². The van der Waals surface area contributed by atoms with Crippen molar-refractivity contribution in [2.45, 2.75) is 30.4 Å². The minimum Gasteiger partial charge on any atom is -0.612 e. The Balaban J connectivity index is 1.81. The predicted octanol–water partition coefficient (Wildman–Crippen LogP) is 2.68. The minimum absolute atomic E-state index is 0.0142. The van der Waals surface area contributed by atoms with Crippen LogP contribution in [0, 0.1) is 0 Å². The zero-order chi connectivity index (χ0) is 20.7. The summed E-state index contributed by atoms with van der Waals surface area (Å²) < 4.78 is 16.8. The van der Waals surface area contributed by atoms with Crippen molar-refractivity contribution in [2.75, 3.05) is 38.4 Å². The van der Waals surface area contributed by atoms with Crippen molar-refractivity contribution < 1.29 is 19.5 Å². The smallest absolute Gasteiger partial charge is 0.194 e. The van der Waals surface area contributed by atoms with Crippen molar-refractivity contribution in [1.82, 2.24) is 5.32 Å². The van der Waals surface area contributed by atoms with E-state index in [-0.39, 0.29) is 11.8 Å². The van der Waals surface area contributed by atoms with E-state index >= 15 is 0 Å². The molecule has 3 atom stereocenters. The van der Waals surface area contributed by atoms with Crippen LogP contribution in [0.25, 0.3) is 0 Å². The number of hydrogen-bond acceptors (Lipinski definition) is 6. The van der Waals surface area contributed by atoms with Crippen LogP contribution in [-0.2, 0) is 11.2 Å². The lowest BCUT2D eigenvalue weighted by atomic mass is 10.1. The van der Waals surface area contributed by atoms with Crippen molar-refractivity contribution in [1.29, 1.82) is 0 Å².